The predicted octanol–water partition coefficient (Wildman–Crippen LogP) is 5.32. The summed E-state index contributed by atoms with van der Waals surface area (Å²) in [5.41, 5.74) is 2.37. The molecule has 3 heterocycles. The van der Waals surface area contributed by atoms with E-state index >= 15 is 0 Å². The molecule has 3 aliphatic heterocycles. The number of benzene rings is 3. The molecule has 7 nitrogen and oxygen atoms in total. The van der Waals surface area contributed by atoms with Crippen molar-refractivity contribution in [2.75, 3.05) is 4.90 Å². The zero-order valence-corrected chi connectivity index (χ0v) is 21.5. The van der Waals surface area contributed by atoms with E-state index < -0.39 is 41.7 Å². The van der Waals surface area contributed by atoms with Crippen LogP contribution in [0.15, 0.2) is 72.9 Å². The third kappa shape index (κ3) is 3.73. The van der Waals surface area contributed by atoms with Crippen LogP contribution in [-0.2, 0) is 14.4 Å². The number of fused-ring (bicyclic) bond motifs is 5. The summed E-state index contributed by atoms with van der Waals surface area (Å²) >= 11 is 12.5. The second kappa shape index (κ2) is 9.11. The number of nitrogens with zero attached hydrogens (tertiary/aromatic N) is 2. The standard InChI is InChI=1S/C29H20Cl2N2O5/c1-15(34)38-19-9-6-17(7-10-19)27(35)26-24-23(25-20-5-3-2-4-16(20)12-13-32(25)26)28(36)33(29(24)37)22-11-8-18(30)14-21(22)31/h2-14,23-26H,1H3/t23-,24+,25+,26+/m0/s1. The first-order chi connectivity index (χ1) is 18.3. The van der Waals surface area contributed by atoms with Crippen LogP contribution in [-0.4, -0.2) is 34.5 Å². The highest BCUT2D eigenvalue weighted by Gasteiger charge is 2.64. The maximum Gasteiger partial charge on any atom is 0.308 e. The van der Waals surface area contributed by atoms with E-state index in [9.17, 15) is 19.2 Å². The van der Waals surface area contributed by atoms with E-state index in [1.165, 1.54) is 25.1 Å². The quantitative estimate of drug-likeness (QED) is 0.190. The van der Waals surface area contributed by atoms with Crippen LogP contribution in [0.3, 0.4) is 0 Å². The molecule has 0 unspecified atom stereocenters. The van der Waals surface area contributed by atoms with Crippen molar-refractivity contribution in [2.45, 2.75) is 19.0 Å². The smallest absolute Gasteiger partial charge is 0.308 e. The maximum atomic E-state index is 14.0. The number of hydrogen-bond acceptors (Lipinski definition) is 6. The number of carbonyl (C=O) groups is 4. The van der Waals surface area contributed by atoms with Gasteiger partial charge in [-0.15, -0.1) is 0 Å². The van der Waals surface area contributed by atoms with E-state index in [4.69, 9.17) is 27.9 Å². The van der Waals surface area contributed by atoms with Crippen molar-refractivity contribution < 1.29 is 23.9 Å². The summed E-state index contributed by atoms with van der Waals surface area (Å²) in [5, 5.41) is 0.546. The lowest BCUT2D eigenvalue weighted by atomic mass is 9.83. The summed E-state index contributed by atoms with van der Waals surface area (Å²) in [6, 6.07) is 17.0. The highest BCUT2D eigenvalue weighted by atomic mass is 35.5. The second-order valence-electron chi connectivity index (χ2n) is 9.42. The molecule has 3 aromatic carbocycles. The molecule has 2 amide bonds. The number of Topliss-reactive ketones (excluding diaryl/α,β-unsaturated/α-hetero) is 1. The van der Waals surface area contributed by atoms with E-state index in [1.54, 1.807) is 30.5 Å². The molecule has 0 saturated carbocycles. The molecule has 6 rings (SSSR count). The van der Waals surface area contributed by atoms with Gasteiger partial charge in [0.15, 0.2) is 5.78 Å². The number of carbonyl (C=O) groups excluding carboxylic acids is 4. The molecular formula is C29H20Cl2N2O5. The molecule has 0 aliphatic carbocycles. The lowest BCUT2D eigenvalue weighted by Gasteiger charge is -2.35. The van der Waals surface area contributed by atoms with Gasteiger partial charge in [-0.05, 0) is 59.7 Å². The van der Waals surface area contributed by atoms with Gasteiger partial charge in [0.25, 0.3) is 0 Å². The van der Waals surface area contributed by atoms with E-state index in [2.05, 4.69) is 0 Å². The molecule has 38 heavy (non-hydrogen) atoms. The lowest BCUT2D eigenvalue weighted by Crippen LogP contribution is -2.44. The topological polar surface area (TPSA) is 84.0 Å². The highest BCUT2D eigenvalue weighted by molar-refractivity contribution is 6.38. The number of amides is 2. The van der Waals surface area contributed by atoms with Crippen LogP contribution in [0.5, 0.6) is 5.75 Å². The number of esters is 1. The van der Waals surface area contributed by atoms with Gasteiger partial charge in [0.1, 0.15) is 11.8 Å². The van der Waals surface area contributed by atoms with Gasteiger partial charge in [-0.25, -0.2) is 4.90 Å². The van der Waals surface area contributed by atoms with Gasteiger partial charge in [-0.1, -0.05) is 47.5 Å². The average Bonchev–Trinajstić information content (AvgIpc) is 3.36. The number of halogens is 2. The molecule has 2 fully saturated rings. The monoisotopic (exact) mass is 546 g/mol. The fraction of sp³-hybridized carbons (Fsp3) is 0.172. The van der Waals surface area contributed by atoms with E-state index in [0.717, 1.165) is 16.0 Å². The van der Waals surface area contributed by atoms with Crippen LogP contribution < -0.4 is 9.64 Å². The highest BCUT2D eigenvalue weighted by Crippen LogP contribution is 2.54. The van der Waals surface area contributed by atoms with Crippen molar-refractivity contribution in [3.8, 4) is 5.75 Å². The average molecular weight is 547 g/mol. The Morgan fingerprint density at radius 1 is 0.895 bits per heavy atom. The minimum atomic E-state index is -0.935. The van der Waals surface area contributed by atoms with Gasteiger partial charge in [0, 0.05) is 23.7 Å². The maximum absolute atomic E-state index is 14.0. The van der Waals surface area contributed by atoms with Crippen molar-refractivity contribution in [3.63, 3.8) is 0 Å². The third-order valence-corrected chi connectivity index (χ3v) is 7.82. The molecule has 3 aromatic rings. The summed E-state index contributed by atoms with van der Waals surface area (Å²) in [4.78, 5) is 56.1. The molecule has 9 heteroatoms. The molecule has 3 aliphatic rings. The fourth-order valence-electron chi connectivity index (χ4n) is 5.78. The second-order valence-corrected chi connectivity index (χ2v) is 10.3. The molecule has 0 spiro atoms. The Hall–Kier alpha value is -3.94. The Morgan fingerprint density at radius 2 is 1.61 bits per heavy atom. The largest absolute Gasteiger partial charge is 0.427 e. The molecule has 0 N–H and O–H groups in total. The van der Waals surface area contributed by atoms with Crippen molar-refractivity contribution in [2.24, 2.45) is 11.8 Å². The van der Waals surface area contributed by atoms with Crippen LogP contribution in [0.1, 0.15) is 34.5 Å². The SMILES string of the molecule is CC(=O)Oc1ccc(C(=O)[C@H]2[C@@H]3C(=O)N(c4ccc(Cl)cc4Cl)C(=O)[C@@H]3[C@H]3c4ccccc4C=CN32)cc1. The number of rotatable bonds is 4. The Balaban J connectivity index is 1.45. The van der Waals surface area contributed by atoms with Gasteiger partial charge in [-0.2, -0.15) is 0 Å². The van der Waals surface area contributed by atoms with Crippen LogP contribution in [0, 0.1) is 11.8 Å². The zero-order valence-electron chi connectivity index (χ0n) is 20.0. The summed E-state index contributed by atoms with van der Waals surface area (Å²) in [6.07, 6.45) is 3.68. The van der Waals surface area contributed by atoms with Crippen molar-refractivity contribution >= 4 is 58.5 Å². The molecule has 0 aromatic heterocycles. The van der Waals surface area contributed by atoms with Crippen LogP contribution >= 0.6 is 23.2 Å². The number of hydrogen-bond donors (Lipinski definition) is 0. The number of ether oxygens (including phenoxy) is 1. The summed E-state index contributed by atoms with van der Waals surface area (Å²) < 4.78 is 5.08. The molecule has 0 radical (unpaired) electrons. The molecule has 190 valence electrons. The minimum Gasteiger partial charge on any atom is -0.427 e. The lowest BCUT2D eigenvalue weighted by molar-refractivity contribution is -0.132. The first-order valence-corrected chi connectivity index (χ1v) is 12.7. The van der Waals surface area contributed by atoms with Crippen molar-refractivity contribution in [1.82, 2.24) is 4.90 Å². The van der Waals surface area contributed by atoms with Crippen molar-refractivity contribution in [1.29, 1.82) is 0 Å². The van der Waals surface area contributed by atoms with Gasteiger partial charge in [0.2, 0.25) is 11.8 Å². The fourth-order valence-corrected chi connectivity index (χ4v) is 6.27. The summed E-state index contributed by atoms with van der Waals surface area (Å²) in [5.74, 6) is -3.11. The molecule has 0 bridgehead atoms. The Labute approximate surface area is 228 Å². The van der Waals surface area contributed by atoms with Gasteiger partial charge >= 0.3 is 5.97 Å². The molecule has 4 atom stereocenters. The summed E-state index contributed by atoms with van der Waals surface area (Å²) in [6.45, 7) is 1.29. The Kier molecular flexibility index (Phi) is 5.85. The third-order valence-electron chi connectivity index (χ3n) is 7.28. The first-order valence-electron chi connectivity index (χ1n) is 12.0. The Morgan fingerprint density at radius 3 is 2.32 bits per heavy atom. The minimum absolute atomic E-state index is 0.170. The predicted molar refractivity (Wildman–Crippen MR) is 142 cm³/mol. The van der Waals surface area contributed by atoms with Gasteiger partial charge in [-0.3, -0.25) is 19.2 Å². The molecule has 2 saturated heterocycles. The first kappa shape index (κ1) is 24.4. The van der Waals surface area contributed by atoms with Gasteiger partial charge in [0.05, 0.1) is 28.6 Å². The Bertz CT molecular complexity index is 1550. The number of ketones is 1. The van der Waals surface area contributed by atoms with Gasteiger partial charge < -0.3 is 9.64 Å². The van der Waals surface area contributed by atoms with E-state index in [1.807, 2.05) is 35.2 Å². The van der Waals surface area contributed by atoms with Crippen LogP contribution in [0.25, 0.3) is 6.08 Å². The van der Waals surface area contributed by atoms with E-state index in [0.29, 0.717) is 16.3 Å². The van der Waals surface area contributed by atoms with Crippen LogP contribution in [0.2, 0.25) is 10.0 Å². The van der Waals surface area contributed by atoms with E-state index in [-0.39, 0.29) is 16.5 Å². The normalized spacial score (nSPS) is 23.2. The van der Waals surface area contributed by atoms with Crippen LogP contribution in [0.4, 0.5) is 5.69 Å². The summed E-state index contributed by atoms with van der Waals surface area (Å²) in [7, 11) is 0. The molecular weight excluding hydrogens is 527 g/mol. The number of anilines is 1. The van der Waals surface area contributed by atoms with Crippen molar-refractivity contribution in [3.05, 3.63) is 99.7 Å². The number of imide groups is 1. The zero-order chi connectivity index (χ0) is 26.7.